The minimum Gasteiger partial charge on any atom is -0.452 e. The molecule has 8 heteroatoms. The molecule has 2 fully saturated rings. The normalized spacial score (nSPS) is 17.9. The Bertz CT molecular complexity index is 738. The van der Waals surface area contributed by atoms with Gasteiger partial charge in [-0.2, -0.15) is 0 Å². The third-order valence-electron chi connectivity index (χ3n) is 5.64. The molecule has 158 valence electrons. The van der Waals surface area contributed by atoms with Gasteiger partial charge in [0.1, 0.15) is 5.69 Å². The molecule has 3 rings (SSSR count). The zero-order chi connectivity index (χ0) is 20.6. The number of nitro groups is 1. The summed E-state index contributed by atoms with van der Waals surface area (Å²) in [6.07, 6.45) is 8.46. The highest BCUT2D eigenvalue weighted by molar-refractivity contribution is 5.93. The summed E-state index contributed by atoms with van der Waals surface area (Å²) in [5.74, 6) is -0.918. The average molecular weight is 403 g/mol. The zero-order valence-corrected chi connectivity index (χ0v) is 16.8. The van der Waals surface area contributed by atoms with Gasteiger partial charge in [0.25, 0.3) is 11.6 Å². The number of rotatable bonds is 5. The van der Waals surface area contributed by atoms with Gasteiger partial charge in [-0.05, 0) is 44.2 Å². The van der Waals surface area contributed by atoms with Crippen molar-refractivity contribution in [2.45, 2.75) is 51.4 Å². The van der Waals surface area contributed by atoms with Crippen molar-refractivity contribution in [2.75, 3.05) is 37.7 Å². The lowest BCUT2D eigenvalue weighted by Crippen LogP contribution is -2.37. The lowest BCUT2D eigenvalue weighted by atomic mass is 10.1. The number of carbonyl (C=O) groups is 2. The maximum atomic E-state index is 12.4. The number of ether oxygens (including phenoxy) is 1. The van der Waals surface area contributed by atoms with Crippen molar-refractivity contribution in [3.05, 3.63) is 33.9 Å². The number of carbonyl (C=O) groups excluding carboxylic acids is 2. The molecule has 1 amide bonds. The fourth-order valence-electron chi connectivity index (χ4n) is 4.00. The van der Waals surface area contributed by atoms with Crippen LogP contribution in [0, 0.1) is 10.1 Å². The molecule has 2 aliphatic rings. The van der Waals surface area contributed by atoms with Crippen LogP contribution < -0.4 is 4.90 Å². The predicted octanol–water partition coefficient (Wildman–Crippen LogP) is 3.53. The third-order valence-corrected chi connectivity index (χ3v) is 5.64. The van der Waals surface area contributed by atoms with Crippen molar-refractivity contribution in [3.63, 3.8) is 0 Å². The first-order valence-electron chi connectivity index (χ1n) is 10.5. The number of likely N-dealkylation sites (tertiary alicyclic amines) is 1. The number of esters is 1. The van der Waals surface area contributed by atoms with E-state index in [4.69, 9.17) is 4.74 Å². The Morgan fingerprint density at radius 2 is 1.52 bits per heavy atom. The lowest BCUT2D eigenvalue weighted by molar-refractivity contribution is -0.384. The van der Waals surface area contributed by atoms with E-state index >= 15 is 0 Å². The molecule has 0 saturated carbocycles. The van der Waals surface area contributed by atoms with Gasteiger partial charge in [0, 0.05) is 32.2 Å². The van der Waals surface area contributed by atoms with Gasteiger partial charge in [0.05, 0.1) is 10.5 Å². The molecule has 0 spiro atoms. The Balaban J connectivity index is 1.63. The van der Waals surface area contributed by atoms with E-state index in [0.29, 0.717) is 18.8 Å². The van der Waals surface area contributed by atoms with E-state index in [-0.39, 0.29) is 23.8 Å². The standard InChI is InChI=1S/C21H29N3O5/c25-20(23-13-5-2-1-3-6-14-23)16-29-21(26)17-9-10-18(19(15-17)24(27)28)22-11-7-4-8-12-22/h9-10,15H,1-8,11-14,16H2. The molecule has 0 bridgehead atoms. The average Bonchev–Trinajstić information content (AvgIpc) is 2.71. The van der Waals surface area contributed by atoms with E-state index in [2.05, 4.69) is 0 Å². The Hall–Kier alpha value is -2.64. The van der Waals surface area contributed by atoms with Gasteiger partial charge in [0.15, 0.2) is 6.61 Å². The van der Waals surface area contributed by atoms with E-state index in [0.717, 1.165) is 58.0 Å². The topological polar surface area (TPSA) is 93.0 Å². The highest BCUT2D eigenvalue weighted by Crippen LogP contribution is 2.31. The van der Waals surface area contributed by atoms with Crippen molar-refractivity contribution >= 4 is 23.3 Å². The lowest BCUT2D eigenvalue weighted by Gasteiger charge is -2.28. The molecular weight excluding hydrogens is 374 g/mol. The van der Waals surface area contributed by atoms with Crippen LogP contribution in [0.1, 0.15) is 61.7 Å². The molecule has 0 radical (unpaired) electrons. The SMILES string of the molecule is O=C(OCC(=O)N1CCCCCCC1)c1ccc(N2CCCCC2)c([N+](=O)[O-])c1. The van der Waals surface area contributed by atoms with Gasteiger partial charge in [-0.3, -0.25) is 14.9 Å². The summed E-state index contributed by atoms with van der Waals surface area (Å²) in [4.78, 5) is 39.6. The molecule has 2 heterocycles. The molecule has 1 aromatic rings. The van der Waals surface area contributed by atoms with Crippen LogP contribution in [0.2, 0.25) is 0 Å². The van der Waals surface area contributed by atoms with E-state index < -0.39 is 10.9 Å². The highest BCUT2D eigenvalue weighted by atomic mass is 16.6. The molecule has 2 saturated heterocycles. The van der Waals surface area contributed by atoms with Crippen molar-refractivity contribution in [1.29, 1.82) is 0 Å². The zero-order valence-electron chi connectivity index (χ0n) is 16.8. The van der Waals surface area contributed by atoms with E-state index in [9.17, 15) is 19.7 Å². The first kappa shape index (κ1) is 21.1. The fraction of sp³-hybridized carbons (Fsp3) is 0.619. The summed E-state index contributed by atoms with van der Waals surface area (Å²) in [6, 6.07) is 4.41. The van der Waals surface area contributed by atoms with Gasteiger partial charge in [-0.1, -0.05) is 19.3 Å². The van der Waals surface area contributed by atoms with E-state index in [1.165, 1.54) is 12.5 Å². The van der Waals surface area contributed by atoms with Gasteiger partial charge in [-0.15, -0.1) is 0 Å². The van der Waals surface area contributed by atoms with Crippen LogP contribution in [0.3, 0.4) is 0 Å². The maximum absolute atomic E-state index is 12.4. The van der Waals surface area contributed by atoms with Gasteiger partial charge in [-0.25, -0.2) is 4.79 Å². The number of piperidine rings is 1. The summed E-state index contributed by atoms with van der Waals surface area (Å²) in [5.41, 5.74) is 0.525. The van der Waals surface area contributed by atoms with E-state index in [1.54, 1.807) is 17.0 Å². The summed E-state index contributed by atoms with van der Waals surface area (Å²) in [6.45, 7) is 2.59. The maximum Gasteiger partial charge on any atom is 0.338 e. The Kier molecular flexibility index (Phi) is 7.43. The van der Waals surface area contributed by atoms with Gasteiger partial charge < -0.3 is 14.5 Å². The number of amides is 1. The van der Waals surface area contributed by atoms with Crippen molar-refractivity contribution < 1.29 is 19.2 Å². The van der Waals surface area contributed by atoms with Gasteiger partial charge >= 0.3 is 5.97 Å². The number of nitrogens with zero attached hydrogens (tertiary/aromatic N) is 3. The number of hydrogen-bond donors (Lipinski definition) is 0. The van der Waals surface area contributed by atoms with Crippen LogP contribution in [0.15, 0.2) is 18.2 Å². The molecule has 8 nitrogen and oxygen atoms in total. The first-order valence-corrected chi connectivity index (χ1v) is 10.5. The molecule has 0 unspecified atom stereocenters. The molecule has 0 N–H and O–H groups in total. The quantitative estimate of drug-likeness (QED) is 0.424. The van der Waals surface area contributed by atoms with Crippen molar-refractivity contribution in [2.24, 2.45) is 0 Å². The summed E-state index contributed by atoms with van der Waals surface area (Å²) < 4.78 is 5.17. The smallest absolute Gasteiger partial charge is 0.338 e. The van der Waals surface area contributed by atoms with Crippen LogP contribution in [0.25, 0.3) is 0 Å². The van der Waals surface area contributed by atoms with Crippen LogP contribution in [0.5, 0.6) is 0 Å². The second-order valence-corrected chi connectivity index (χ2v) is 7.73. The first-order chi connectivity index (χ1) is 14.1. The second kappa shape index (κ2) is 10.2. The van der Waals surface area contributed by atoms with Crippen LogP contribution in [-0.2, 0) is 9.53 Å². The summed E-state index contributed by atoms with van der Waals surface area (Å²) >= 11 is 0. The second-order valence-electron chi connectivity index (χ2n) is 7.73. The largest absolute Gasteiger partial charge is 0.452 e. The Morgan fingerprint density at radius 3 is 2.17 bits per heavy atom. The number of anilines is 1. The molecule has 1 aromatic carbocycles. The minimum absolute atomic E-state index is 0.0953. The Morgan fingerprint density at radius 1 is 0.931 bits per heavy atom. The number of benzene rings is 1. The summed E-state index contributed by atoms with van der Waals surface area (Å²) in [5, 5.41) is 11.5. The highest BCUT2D eigenvalue weighted by Gasteiger charge is 2.24. The van der Waals surface area contributed by atoms with Crippen molar-refractivity contribution in [1.82, 2.24) is 4.90 Å². The molecule has 0 atom stereocenters. The third kappa shape index (κ3) is 5.68. The van der Waals surface area contributed by atoms with Crippen LogP contribution in [-0.4, -0.2) is 54.5 Å². The van der Waals surface area contributed by atoms with Crippen LogP contribution >= 0.6 is 0 Å². The van der Waals surface area contributed by atoms with Crippen molar-refractivity contribution in [3.8, 4) is 0 Å². The monoisotopic (exact) mass is 403 g/mol. The molecule has 2 aliphatic heterocycles. The molecule has 29 heavy (non-hydrogen) atoms. The molecule has 0 aromatic heterocycles. The predicted molar refractivity (Wildman–Crippen MR) is 109 cm³/mol. The fourth-order valence-corrected chi connectivity index (χ4v) is 4.00. The van der Waals surface area contributed by atoms with Crippen LogP contribution in [0.4, 0.5) is 11.4 Å². The molecule has 0 aliphatic carbocycles. The number of hydrogen-bond acceptors (Lipinski definition) is 6. The number of nitro benzene ring substituents is 1. The van der Waals surface area contributed by atoms with Gasteiger partial charge in [0.2, 0.25) is 0 Å². The minimum atomic E-state index is -0.710. The molecular formula is C21H29N3O5. The Labute approximate surface area is 171 Å². The van der Waals surface area contributed by atoms with E-state index in [1.807, 2.05) is 4.90 Å². The summed E-state index contributed by atoms with van der Waals surface area (Å²) in [7, 11) is 0.